The fourth-order valence-electron chi connectivity index (χ4n) is 2.57. The van der Waals surface area contributed by atoms with Crippen molar-refractivity contribution in [2.45, 2.75) is 26.4 Å². The van der Waals surface area contributed by atoms with Crippen LogP contribution < -0.4 is 10.6 Å². The van der Waals surface area contributed by atoms with E-state index >= 15 is 0 Å². The van der Waals surface area contributed by atoms with E-state index in [0.717, 1.165) is 40.3 Å². The summed E-state index contributed by atoms with van der Waals surface area (Å²) in [4.78, 5) is 9.82. The number of hydrogen-bond acceptors (Lipinski definition) is 5. The summed E-state index contributed by atoms with van der Waals surface area (Å²) in [6.45, 7) is 5.06. The van der Waals surface area contributed by atoms with E-state index in [4.69, 9.17) is 0 Å². The molecule has 0 aliphatic rings. The third-order valence-electron chi connectivity index (χ3n) is 3.83. The molecule has 9 heteroatoms. The van der Waals surface area contributed by atoms with Crippen LogP contribution in [0.5, 0.6) is 0 Å². The number of benzene rings is 1. The molecule has 2 N–H and O–H groups in total. The van der Waals surface area contributed by atoms with E-state index in [2.05, 4.69) is 36.5 Å². The summed E-state index contributed by atoms with van der Waals surface area (Å²) >= 11 is 3.41. The molecule has 0 saturated heterocycles. The first-order valence-corrected chi connectivity index (χ1v) is 9.24. The molecule has 2 rings (SSSR count). The van der Waals surface area contributed by atoms with Crippen molar-refractivity contribution in [3.05, 3.63) is 39.5 Å². The molecule has 0 bridgehead atoms. The molecule has 27 heavy (non-hydrogen) atoms. The third kappa shape index (κ3) is 6.35. The van der Waals surface area contributed by atoms with Crippen LogP contribution in [-0.2, 0) is 6.18 Å². The van der Waals surface area contributed by atoms with Crippen molar-refractivity contribution in [2.24, 2.45) is 0 Å². The lowest BCUT2D eigenvalue weighted by molar-refractivity contribution is -0.141. The van der Waals surface area contributed by atoms with Crippen LogP contribution in [0.4, 0.5) is 30.6 Å². The van der Waals surface area contributed by atoms with Gasteiger partial charge < -0.3 is 15.5 Å². The summed E-state index contributed by atoms with van der Waals surface area (Å²) in [6, 6.07) is 4.70. The minimum Gasteiger partial charge on any atom is -0.354 e. The lowest BCUT2D eigenvalue weighted by Gasteiger charge is -2.16. The molecule has 1 aromatic heterocycles. The topological polar surface area (TPSA) is 53.1 Å². The molecule has 5 nitrogen and oxygen atoms in total. The van der Waals surface area contributed by atoms with Crippen LogP contribution in [0.1, 0.15) is 23.2 Å². The highest BCUT2D eigenvalue weighted by Crippen LogP contribution is 2.32. The van der Waals surface area contributed by atoms with Crippen molar-refractivity contribution in [2.75, 3.05) is 37.8 Å². The van der Waals surface area contributed by atoms with Crippen molar-refractivity contribution in [3.8, 4) is 0 Å². The fourth-order valence-corrected chi connectivity index (χ4v) is 3.25. The Morgan fingerprint density at radius 2 is 1.70 bits per heavy atom. The number of halogens is 4. The largest absolute Gasteiger partial charge is 0.433 e. The van der Waals surface area contributed by atoms with Gasteiger partial charge in [-0.15, -0.1) is 0 Å². The summed E-state index contributed by atoms with van der Waals surface area (Å²) in [5, 5.41) is 5.89. The highest BCUT2D eigenvalue weighted by atomic mass is 79.9. The molecule has 1 aromatic carbocycles. The van der Waals surface area contributed by atoms with Gasteiger partial charge >= 0.3 is 6.18 Å². The van der Waals surface area contributed by atoms with Gasteiger partial charge in [0.2, 0.25) is 5.95 Å². The van der Waals surface area contributed by atoms with Gasteiger partial charge in [0.1, 0.15) is 5.82 Å². The number of aryl methyl sites for hydroxylation is 2. The Morgan fingerprint density at radius 3 is 2.26 bits per heavy atom. The highest BCUT2D eigenvalue weighted by Gasteiger charge is 2.33. The Hall–Kier alpha value is -1.87. The van der Waals surface area contributed by atoms with Crippen LogP contribution in [0.15, 0.2) is 22.7 Å². The van der Waals surface area contributed by atoms with Crippen molar-refractivity contribution in [1.29, 1.82) is 0 Å². The van der Waals surface area contributed by atoms with Crippen LogP contribution in [0.25, 0.3) is 0 Å². The second kappa shape index (κ2) is 8.88. The van der Waals surface area contributed by atoms with Gasteiger partial charge in [-0.3, -0.25) is 0 Å². The number of nitrogens with one attached hydrogen (secondary N) is 2. The molecule has 0 unspecified atom stereocenters. The summed E-state index contributed by atoms with van der Waals surface area (Å²) in [5.74, 6) is 0.0551. The first-order valence-electron chi connectivity index (χ1n) is 8.45. The summed E-state index contributed by atoms with van der Waals surface area (Å²) in [7, 11) is 3.87. The van der Waals surface area contributed by atoms with Gasteiger partial charge in [-0.05, 0) is 64.2 Å². The number of alkyl halides is 3. The van der Waals surface area contributed by atoms with Crippen molar-refractivity contribution < 1.29 is 13.2 Å². The van der Waals surface area contributed by atoms with Crippen LogP contribution in [0, 0.1) is 13.8 Å². The zero-order valence-corrected chi connectivity index (χ0v) is 17.3. The first kappa shape index (κ1) is 21.4. The Bertz CT molecular complexity index is 770. The van der Waals surface area contributed by atoms with Gasteiger partial charge in [-0.1, -0.05) is 15.9 Å². The lowest BCUT2D eigenvalue weighted by Crippen LogP contribution is -2.18. The van der Waals surface area contributed by atoms with E-state index in [1.807, 2.05) is 45.0 Å². The SMILES string of the molecule is Cc1cc(Br)cc(C)c1Nc1cc(C(F)(F)F)nc(NCCCN(C)C)n1. The standard InChI is InChI=1S/C18H23BrF3N5/c1-11-8-13(19)9-12(2)16(11)25-15-10-14(18(20,21)22)24-17(26-15)23-6-5-7-27(3)4/h8-10H,5-7H2,1-4H3,(H2,23,24,25,26). The Labute approximate surface area is 165 Å². The zero-order valence-electron chi connectivity index (χ0n) is 15.7. The smallest absolute Gasteiger partial charge is 0.354 e. The Kier molecular flexibility index (Phi) is 7.05. The number of aromatic nitrogens is 2. The van der Waals surface area contributed by atoms with Gasteiger partial charge in [-0.2, -0.15) is 18.2 Å². The Balaban J connectivity index is 2.28. The molecule has 0 amide bonds. The molecule has 0 fully saturated rings. The van der Waals surface area contributed by atoms with Crippen molar-refractivity contribution in [3.63, 3.8) is 0 Å². The molecular formula is C18H23BrF3N5. The Morgan fingerprint density at radius 1 is 1.07 bits per heavy atom. The minimum atomic E-state index is -4.55. The fraction of sp³-hybridized carbons (Fsp3) is 0.444. The van der Waals surface area contributed by atoms with Crippen molar-refractivity contribution >= 4 is 33.4 Å². The molecule has 0 aliphatic carbocycles. The molecule has 0 atom stereocenters. The molecule has 0 radical (unpaired) electrons. The molecule has 1 heterocycles. The number of anilines is 3. The predicted octanol–water partition coefficient (Wildman–Crippen LogP) is 4.98. The maximum absolute atomic E-state index is 13.2. The first-order chi connectivity index (χ1) is 12.6. The van der Waals surface area contributed by atoms with Crippen LogP contribution in [0.3, 0.4) is 0 Å². The summed E-state index contributed by atoms with van der Waals surface area (Å²) < 4.78 is 40.6. The number of rotatable bonds is 7. The van der Waals surface area contributed by atoms with Gasteiger partial charge in [0.15, 0.2) is 5.69 Å². The highest BCUT2D eigenvalue weighted by molar-refractivity contribution is 9.10. The monoisotopic (exact) mass is 445 g/mol. The second-order valence-corrected chi connectivity index (χ2v) is 7.50. The third-order valence-corrected chi connectivity index (χ3v) is 4.29. The van der Waals surface area contributed by atoms with Crippen LogP contribution >= 0.6 is 15.9 Å². The van der Waals surface area contributed by atoms with Gasteiger partial charge in [-0.25, -0.2) is 4.98 Å². The average molecular weight is 446 g/mol. The molecule has 0 aliphatic heterocycles. The van der Waals surface area contributed by atoms with E-state index < -0.39 is 11.9 Å². The van der Waals surface area contributed by atoms with Crippen molar-refractivity contribution in [1.82, 2.24) is 14.9 Å². The zero-order chi connectivity index (χ0) is 20.2. The predicted molar refractivity (Wildman–Crippen MR) is 106 cm³/mol. The number of hydrogen-bond donors (Lipinski definition) is 2. The van der Waals surface area contributed by atoms with Gasteiger partial charge in [0.05, 0.1) is 0 Å². The maximum Gasteiger partial charge on any atom is 0.433 e. The van der Waals surface area contributed by atoms with E-state index in [9.17, 15) is 13.2 Å². The van der Waals surface area contributed by atoms with E-state index in [1.54, 1.807) is 0 Å². The average Bonchev–Trinajstić information content (AvgIpc) is 2.54. The molecule has 2 aromatic rings. The maximum atomic E-state index is 13.2. The van der Waals surface area contributed by atoms with Crippen LogP contribution in [-0.4, -0.2) is 42.1 Å². The molecule has 0 spiro atoms. The molecule has 148 valence electrons. The van der Waals surface area contributed by atoms with Crippen LogP contribution in [0.2, 0.25) is 0 Å². The van der Waals surface area contributed by atoms with Gasteiger partial charge in [0, 0.05) is 22.8 Å². The minimum absolute atomic E-state index is 0.0431. The lowest BCUT2D eigenvalue weighted by atomic mass is 10.1. The summed E-state index contributed by atoms with van der Waals surface area (Å²) in [5.41, 5.74) is 1.54. The number of nitrogens with zero attached hydrogens (tertiary/aromatic N) is 3. The second-order valence-electron chi connectivity index (χ2n) is 6.58. The van der Waals surface area contributed by atoms with Gasteiger partial charge in [0.25, 0.3) is 0 Å². The summed E-state index contributed by atoms with van der Waals surface area (Å²) in [6.07, 6.45) is -3.79. The molecular weight excluding hydrogens is 423 g/mol. The van der Waals surface area contributed by atoms with E-state index in [0.29, 0.717) is 6.54 Å². The normalized spacial score (nSPS) is 11.7. The quantitative estimate of drug-likeness (QED) is 0.588. The van der Waals surface area contributed by atoms with E-state index in [1.165, 1.54) is 0 Å². The van der Waals surface area contributed by atoms with E-state index in [-0.39, 0.29) is 11.8 Å². The molecule has 0 saturated carbocycles.